The number of rotatable bonds is 10. The number of halogens is 1. The molecule has 0 saturated heterocycles. The van der Waals surface area contributed by atoms with Crippen molar-refractivity contribution in [2.75, 3.05) is 26.3 Å². The Kier molecular flexibility index (Phi) is 13.0. The number of hydrogen-bond donors (Lipinski definition) is 3. The number of carbonyl (C=O) groups excluding carboxylic acids is 1. The van der Waals surface area contributed by atoms with Crippen molar-refractivity contribution in [1.82, 2.24) is 30.7 Å². The Bertz CT molecular complexity index is 699. The highest BCUT2D eigenvalue weighted by molar-refractivity contribution is 14.0. The maximum Gasteiger partial charge on any atom is 0.408 e. The molecule has 0 aliphatic carbocycles. The summed E-state index contributed by atoms with van der Waals surface area (Å²) in [7, 11) is 1.91. The van der Waals surface area contributed by atoms with Crippen LogP contribution in [0.5, 0.6) is 0 Å². The second-order valence-corrected chi connectivity index (χ2v) is 8.73. The first kappa shape index (κ1) is 29.4. The predicted molar refractivity (Wildman–Crippen MR) is 133 cm³/mol. The average molecular weight is 553 g/mol. The SMILES string of the molecule is CCOCCCNC(=NCc1nnc(C)n1C)NCC(C)(C)NC(=O)OC(C)(C)C.I. The number of hydrogen-bond acceptors (Lipinski definition) is 6. The van der Waals surface area contributed by atoms with Crippen molar-refractivity contribution in [3.05, 3.63) is 11.6 Å². The Morgan fingerprint density at radius 3 is 2.39 bits per heavy atom. The van der Waals surface area contributed by atoms with E-state index in [1.54, 1.807) is 0 Å². The molecule has 0 unspecified atom stereocenters. The van der Waals surface area contributed by atoms with E-state index in [2.05, 4.69) is 31.1 Å². The summed E-state index contributed by atoms with van der Waals surface area (Å²) >= 11 is 0. The third-order valence-corrected chi connectivity index (χ3v) is 4.06. The van der Waals surface area contributed by atoms with Gasteiger partial charge in [-0.05, 0) is 54.9 Å². The van der Waals surface area contributed by atoms with E-state index in [1.807, 2.05) is 60.1 Å². The zero-order valence-corrected chi connectivity index (χ0v) is 22.5. The van der Waals surface area contributed by atoms with Gasteiger partial charge in [0.25, 0.3) is 0 Å². The standard InChI is InChI=1S/C20H39N7O3.HI/c1-9-29-12-10-11-21-17(22-13-16-26-25-15(2)27(16)8)23-14-20(6,7)24-18(28)30-19(3,4)5;/h9-14H2,1-8H3,(H,24,28)(H2,21,22,23);1H. The van der Waals surface area contributed by atoms with Crippen LogP contribution in [0.15, 0.2) is 4.99 Å². The first-order valence-corrected chi connectivity index (χ1v) is 10.4. The summed E-state index contributed by atoms with van der Waals surface area (Å²) in [5.41, 5.74) is -1.09. The summed E-state index contributed by atoms with van der Waals surface area (Å²) in [5.74, 6) is 2.24. The number of aromatic nitrogens is 3. The lowest BCUT2D eigenvalue weighted by atomic mass is 10.1. The molecule has 1 aromatic rings. The van der Waals surface area contributed by atoms with Crippen LogP contribution in [-0.2, 0) is 23.1 Å². The van der Waals surface area contributed by atoms with Crippen LogP contribution in [0.2, 0.25) is 0 Å². The monoisotopic (exact) mass is 553 g/mol. The largest absolute Gasteiger partial charge is 0.444 e. The van der Waals surface area contributed by atoms with Crippen molar-refractivity contribution >= 4 is 36.0 Å². The van der Waals surface area contributed by atoms with E-state index in [1.165, 1.54) is 0 Å². The molecule has 10 nitrogen and oxygen atoms in total. The van der Waals surface area contributed by atoms with Crippen LogP contribution in [-0.4, -0.2) is 64.3 Å². The molecular formula is C20H40IN7O3. The van der Waals surface area contributed by atoms with Gasteiger partial charge in [-0.1, -0.05) is 0 Å². The fourth-order valence-electron chi connectivity index (χ4n) is 2.37. The Morgan fingerprint density at radius 2 is 1.84 bits per heavy atom. The summed E-state index contributed by atoms with van der Waals surface area (Å²) < 4.78 is 12.6. The molecule has 0 aromatic carbocycles. The summed E-state index contributed by atoms with van der Waals surface area (Å²) in [6.45, 7) is 16.2. The van der Waals surface area contributed by atoms with Gasteiger partial charge in [0.15, 0.2) is 11.8 Å². The second-order valence-electron chi connectivity index (χ2n) is 8.73. The van der Waals surface area contributed by atoms with E-state index in [-0.39, 0.29) is 24.0 Å². The molecule has 3 N–H and O–H groups in total. The number of alkyl carbamates (subject to hydrolysis) is 1. The molecule has 1 heterocycles. The summed E-state index contributed by atoms with van der Waals surface area (Å²) in [5, 5.41) is 17.7. The lowest BCUT2D eigenvalue weighted by molar-refractivity contribution is 0.0474. The number of carbonyl (C=O) groups is 1. The van der Waals surface area contributed by atoms with Crippen LogP contribution >= 0.6 is 24.0 Å². The predicted octanol–water partition coefficient (Wildman–Crippen LogP) is 2.51. The minimum Gasteiger partial charge on any atom is -0.444 e. The number of aryl methyl sites for hydroxylation is 1. The molecule has 31 heavy (non-hydrogen) atoms. The van der Waals surface area contributed by atoms with Crippen LogP contribution in [0.1, 0.15) is 59.6 Å². The molecule has 11 heteroatoms. The van der Waals surface area contributed by atoms with Gasteiger partial charge in [0.1, 0.15) is 18.0 Å². The Morgan fingerprint density at radius 1 is 1.16 bits per heavy atom. The van der Waals surface area contributed by atoms with Crippen LogP contribution in [0.3, 0.4) is 0 Å². The van der Waals surface area contributed by atoms with Crippen molar-refractivity contribution in [1.29, 1.82) is 0 Å². The van der Waals surface area contributed by atoms with Gasteiger partial charge < -0.3 is 30.0 Å². The Hall–Kier alpha value is -1.63. The van der Waals surface area contributed by atoms with Crippen molar-refractivity contribution in [2.24, 2.45) is 12.0 Å². The zero-order chi connectivity index (χ0) is 22.8. The van der Waals surface area contributed by atoms with E-state index in [0.29, 0.717) is 38.8 Å². The third kappa shape index (κ3) is 12.7. The number of nitrogens with zero attached hydrogens (tertiary/aromatic N) is 4. The van der Waals surface area contributed by atoms with Gasteiger partial charge in [-0.2, -0.15) is 0 Å². The molecule has 0 aliphatic heterocycles. The molecule has 1 aromatic heterocycles. The van der Waals surface area contributed by atoms with E-state index >= 15 is 0 Å². The highest BCUT2D eigenvalue weighted by Gasteiger charge is 2.24. The van der Waals surface area contributed by atoms with Crippen LogP contribution < -0.4 is 16.0 Å². The molecular weight excluding hydrogens is 513 g/mol. The van der Waals surface area contributed by atoms with Crippen LogP contribution in [0.4, 0.5) is 4.79 Å². The molecule has 1 rings (SSSR count). The number of nitrogens with one attached hydrogen (secondary N) is 3. The van der Waals surface area contributed by atoms with Crippen LogP contribution in [0, 0.1) is 6.92 Å². The summed E-state index contributed by atoms with van der Waals surface area (Å²) in [4.78, 5) is 16.7. The van der Waals surface area contributed by atoms with Gasteiger partial charge in [-0.15, -0.1) is 34.2 Å². The number of ether oxygens (including phenoxy) is 2. The van der Waals surface area contributed by atoms with Crippen LogP contribution in [0.25, 0.3) is 0 Å². The molecule has 0 fully saturated rings. The van der Waals surface area contributed by atoms with Gasteiger partial charge in [-0.25, -0.2) is 9.79 Å². The lowest BCUT2D eigenvalue weighted by Crippen LogP contribution is -2.54. The fourth-order valence-corrected chi connectivity index (χ4v) is 2.37. The van der Waals surface area contributed by atoms with Gasteiger partial charge in [0.2, 0.25) is 0 Å². The topological polar surface area (TPSA) is 115 Å². The minimum absolute atomic E-state index is 0. The molecule has 0 saturated carbocycles. The van der Waals surface area contributed by atoms with Gasteiger partial charge in [0, 0.05) is 33.4 Å². The molecule has 0 spiro atoms. The molecule has 180 valence electrons. The van der Waals surface area contributed by atoms with Crippen molar-refractivity contribution < 1.29 is 14.3 Å². The van der Waals surface area contributed by atoms with E-state index in [9.17, 15) is 4.79 Å². The van der Waals surface area contributed by atoms with E-state index in [0.717, 1.165) is 18.1 Å². The van der Waals surface area contributed by atoms with Gasteiger partial charge in [-0.3, -0.25) is 0 Å². The van der Waals surface area contributed by atoms with Crippen molar-refractivity contribution in [3.8, 4) is 0 Å². The molecule has 0 bridgehead atoms. The zero-order valence-electron chi connectivity index (χ0n) is 20.2. The van der Waals surface area contributed by atoms with Crippen molar-refractivity contribution in [3.63, 3.8) is 0 Å². The Balaban J connectivity index is 0.00000900. The highest BCUT2D eigenvalue weighted by Crippen LogP contribution is 2.09. The summed E-state index contributed by atoms with van der Waals surface area (Å²) in [6, 6.07) is 0. The number of amides is 1. The highest BCUT2D eigenvalue weighted by atomic mass is 127. The van der Waals surface area contributed by atoms with Gasteiger partial charge >= 0.3 is 6.09 Å². The quantitative estimate of drug-likeness (QED) is 0.177. The fraction of sp³-hybridized carbons (Fsp3) is 0.800. The van der Waals surface area contributed by atoms with E-state index < -0.39 is 17.2 Å². The lowest BCUT2D eigenvalue weighted by Gasteiger charge is -2.29. The first-order valence-electron chi connectivity index (χ1n) is 10.4. The van der Waals surface area contributed by atoms with Crippen molar-refractivity contribution in [2.45, 2.75) is 72.6 Å². The molecule has 0 aliphatic rings. The smallest absolute Gasteiger partial charge is 0.408 e. The minimum atomic E-state index is -0.545. The second kappa shape index (κ2) is 13.7. The maximum atomic E-state index is 12.1. The molecule has 1 amide bonds. The Labute approximate surface area is 203 Å². The summed E-state index contributed by atoms with van der Waals surface area (Å²) in [6.07, 6.45) is 0.406. The first-order chi connectivity index (χ1) is 13.9. The molecule has 0 radical (unpaired) electrons. The molecule has 0 atom stereocenters. The normalized spacial score (nSPS) is 12.2. The number of guanidine groups is 1. The number of aliphatic imine (C=N–C) groups is 1. The van der Waals surface area contributed by atoms with E-state index in [4.69, 9.17) is 9.47 Å². The maximum absolute atomic E-state index is 12.1. The third-order valence-electron chi connectivity index (χ3n) is 4.06. The van der Waals surface area contributed by atoms with Gasteiger partial charge in [0.05, 0.1) is 5.54 Å². The average Bonchev–Trinajstić information content (AvgIpc) is 2.93.